The molecule has 1 heterocycles. The highest BCUT2D eigenvalue weighted by atomic mass is 35.5. The predicted octanol–water partition coefficient (Wildman–Crippen LogP) is 3.19. The van der Waals surface area contributed by atoms with Crippen LogP contribution in [0.3, 0.4) is 0 Å². The molecule has 0 spiro atoms. The van der Waals surface area contributed by atoms with Gasteiger partial charge in [0.1, 0.15) is 5.00 Å². The lowest BCUT2D eigenvalue weighted by Gasteiger charge is -2.12. The van der Waals surface area contributed by atoms with Crippen molar-refractivity contribution in [3.63, 3.8) is 0 Å². The van der Waals surface area contributed by atoms with E-state index in [2.05, 4.69) is 5.32 Å². The molecule has 0 radical (unpaired) electrons. The van der Waals surface area contributed by atoms with Gasteiger partial charge in [0.15, 0.2) is 18.1 Å². The van der Waals surface area contributed by atoms with E-state index in [0.717, 1.165) is 36.1 Å². The van der Waals surface area contributed by atoms with Gasteiger partial charge in [-0.2, -0.15) is 0 Å². The smallest absolute Gasteiger partial charge is 0.338 e. The van der Waals surface area contributed by atoms with Gasteiger partial charge in [0.05, 0.1) is 30.4 Å². The van der Waals surface area contributed by atoms with Crippen molar-refractivity contribution in [1.82, 2.24) is 0 Å². The van der Waals surface area contributed by atoms with Crippen LogP contribution in [0.2, 0.25) is 5.02 Å². The average molecular weight is 453 g/mol. The van der Waals surface area contributed by atoms with E-state index in [1.807, 2.05) is 0 Å². The fraction of sp³-hybridized carbons (Fsp3) is 0.350. The first-order valence-electron chi connectivity index (χ1n) is 9.18. The van der Waals surface area contributed by atoms with Gasteiger partial charge < -0.3 is 25.3 Å². The standard InChI is InChI=1S/C20H21ClN2O6S/c1-27-13-8-10(7-12(21)17(13)28-2)20(26)29-9-15(24)23-19-16(18(22)25)11-5-3-4-6-14(11)30-19/h7-8H,3-6,9H2,1-2H3,(H2,22,25)(H,23,24). The molecule has 1 aromatic heterocycles. The second kappa shape index (κ2) is 9.36. The molecular formula is C20H21ClN2O6S. The van der Waals surface area contributed by atoms with Crippen molar-refractivity contribution in [2.75, 3.05) is 26.1 Å². The third-order valence-electron chi connectivity index (χ3n) is 4.67. The third kappa shape index (κ3) is 4.52. The molecule has 3 rings (SSSR count). The van der Waals surface area contributed by atoms with Gasteiger partial charge in [-0.1, -0.05) is 11.6 Å². The number of esters is 1. The Labute approximate surface area is 182 Å². The summed E-state index contributed by atoms with van der Waals surface area (Å²) in [6, 6.07) is 2.77. The van der Waals surface area contributed by atoms with Crippen LogP contribution in [0.15, 0.2) is 12.1 Å². The van der Waals surface area contributed by atoms with Gasteiger partial charge in [-0.05, 0) is 43.4 Å². The second-order valence-electron chi connectivity index (χ2n) is 6.60. The summed E-state index contributed by atoms with van der Waals surface area (Å²) in [6.45, 7) is -0.536. The van der Waals surface area contributed by atoms with E-state index in [-0.39, 0.29) is 22.1 Å². The van der Waals surface area contributed by atoms with Gasteiger partial charge in [-0.15, -0.1) is 11.3 Å². The van der Waals surface area contributed by atoms with Crippen LogP contribution in [0.5, 0.6) is 11.5 Å². The summed E-state index contributed by atoms with van der Waals surface area (Å²) in [6.07, 6.45) is 3.62. The summed E-state index contributed by atoms with van der Waals surface area (Å²) in [7, 11) is 2.84. The number of anilines is 1. The van der Waals surface area contributed by atoms with E-state index in [1.165, 1.54) is 37.7 Å². The predicted molar refractivity (Wildman–Crippen MR) is 113 cm³/mol. The molecule has 1 aliphatic rings. The molecule has 0 fully saturated rings. The largest absolute Gasteiger partial charge is 0.493 e. The summed E-state index contributed by atoms with van der Waals surface area (Å²) in [5, 5.41) is 3.20. The van der Waals surface area contributed by atoms with E-state index in [9.17, 15) is 14.4 Å². The number of nitrogens with one attached hydrogen (secondary N) is 1. The first kappa shape index (κ1) is 21.9. The van der Waals surface area contributed by atoms with Crippen LogP contribution in [-0.2, 0) is 22.4 Å². The van der Waals surface area contributed by atoms with Gasteiger partial charge in [0, 0.05) is 4.88 Å². The van der Waals surface area contributed by atoms with Crippen molar-refractivity contribution in [1.29, 1.82) is 0 Å². The molecule has 0 saturated carbocycles. The fourth-order valence-corrected chi connectivity index (χ4v) is 4.93. The molecule has 1 aromatic carbocycles. The quantitative estimate of drug-likeness (QED) is 0.623. The summed E-state index contributed by atoms with van der Waals surface area (Å²) < 4.78 is 15.3. The lowest BCUT2D eigenvalue weighted by atomic mass is 9.95. The number of thiophene rings is 1. The zero-order valence-electron chi connectivity index (χ0n) is 16.5. The highest BCUT2D eigenvalue weighted by molar-refractivity contribution is 7.17. The Morgan fingerprint density at radius 1 is 1.17 bits per heavy atom. The Morgan fingerprint density at radius 2 is 1.90 bits per heavy atom. The number of carbonyl (C=O) groups is 3. The molecule has 0 bridgehead atoms. The minimum absolute atomic E-state index is 0.106. The highest BCUT2D eigenvalue weighted by Gasteiger charge is 2.25. The van der Waals surface area contributed by atoms with Crippen molar-refractivity contribution in [2.45, 2.75) is 25.7 Å². The van der Waals surface area contributed by atoms with Crippen LogP contribution in [0.25, 0.3) is 0 Å². The molecule has 10 heteroatoms. The van der Waals surface area contributed by atoms with Crippen LogP contribution >= 0.6 is 22.9 Å². The van der Waals surface area contributed by atoms with Crippen LogP contribution < -0.4 is 20.5 Å². The maximum absolute atomic E-state index is 12.3. The Kier molecular flexibility index (Phi) is 6.84. The molecule has 2 aromatic rings. The van der Waals surface area contributed by atoms with Crippen LogP contribution in [0, 0.1) is 0 Å². The first-order chi connectivity index (χ1) is 14.3. The lowest BCUT2D eigenvalue weighted by Crippen LogP contribution is -2.23. The number of carbonyl (C=O) groups excluding carboxylic acids is 3. The number of ether oxygens (including phenoxy) is 3. The zero-order valence-corrected chi connectivity index (χ0v) is 18.1. The lowest BCUT2D eigenvalue weighted by molar-refractivity contribution is -0.119. The maximum atomic E-state index is 12.3. The van der Waals surface area contributed by atoms with Crippen molar-refractivity contribution in [3.8, 4) is 11.5 Å². The van der Waals surface area contributed by atoms with E-state index < -0.39 is 24.4 Å². The monoisotopic (exact) mass is 452 g/mol. The minimum atomic E-state index is -0.756. The second-order valence-corrected chi connectivity index (χ2v) is 8.11. The van der Waals surface area contributed by atoms with Gasteiger partial charge in [0.25, 0.3) is 11.8 Å². The molecule has 160 valence electrons. The molecular weight excluding hydrogens is 432 g/mol. The van der Waals surface area contributed by atoms with Crippen molar-refractivity contribution < 1.29 is 28.6 Å². The summed E-state index contributed by atoms with van der Waals surface area (Å²) in [5.41, 5.74) is 6.88. The normalized spacial score (nSPS) is 12.6. The molecule has 30 heavy (non-hydrogen) atoms. The van der Waals surface area contributed by atoms with Gasteiger partial charge in [-0.3, -0.25) is 9.59 Å². The summed E-state index contributed by atoms with van der Waals surface area (Å²) >= 11 is 7.43. The summed E-state index contributed by atoms with van der Waals surface area (Å²) in [5.74, 6) is -1.36. The fourth-order valence-electron chi connectivity index (χ4n) is 3.33. The van der Waals surface area contributed by atoms with E-state index in [0.29, 0.717) is 10.6 Å². The highest BCUT2D eigenvalue weighted by Crippen LogP contribution is 2.38. The number of halogens is 1. The van der Waals surface area contributed by atoms with Crippen molar-refractivity contribution >= 4 is 45.7 Å². The molecule has 1 aliphatic carbocycles. The third-order valence-corrected chi connectivity index (χ3v) is 6.16. The van der Waals surface area contributed by atoms with Gasteiger partial charge in [-0.25, -0.2) is 4.79 Å². The molecule has 0 aliphatic heterocycles. The number of methoxy groups -OCH3 is 2. The minimum Gasteiger partial charge on any atom is -0.493 e. The Hall–Kier alpha value is -2.78. The topological polar surface area (TPSA) is 117 Å². The SMILES string of the molecule is COc1cc(C(=O)OCC(=O)Nc2sc3c(c2C(N)=O)CCCC3)cc(Cl)c1OC. The number of rotatable bonds is 7. The first-order valence-corrected chi connectivity index (χ1v) is 10.4. The van der Waals surface area contributed by atoms with E-state index in [4.69, 9.17) is 31.5 Å². The number of aryl methyl sites for hydroxylation is 1. The Bertz CT molecular complexity index is 1000. The number of fused-ring (bicyclic) bond motifs is 1. The number of nitrogens with two attached hydrogens (primary N) is 1. The molecule has 3 N–H and O–H groups in total. The van der Waals surface area contributed by atoms with Gasteiger partial charge >= 0.3 is 5.97 Å². The molecule has 8 nitrogen and oxygen atoms in total. The average Bonchev–Trinajstić information content (AvgIpc) is 3.09. The van der Waals surface area contributed by atoms with E-state index >= 15 is 0 Å². The number of benzene rings is 1. The van der Waals surface area contributed by atoms with Crippen LogP contribution in [-0.4, -0.2) is 38.6 Å². The maximum Gasteiger partial charge on any atom is 0.338 e. The Balaban J connectivity index is 1.68. The molecule has 0 unspecified atom stereocenters. The number of hydrogen-bond acceptors (Lipinski definition) is 7. The number of primary amides is 1. The molecule has 2 amide bonds. The number of amides is 2. The molecule has 0 saturated heterocycles. The Morgan fingerprint density at radius 3 is 2.57 bits per heavy atom. The van der Waals surface area contributed by atoms with Crippen molar-refractivity contribution in [2.24, 2.45) is 5.73 Å². The zero-order chi connectivity index (χ0) is 21.8. The van der Waals surface area contributed by atoms with Gasteiger partial charge in [0.2, 0.25) is 0 Å². The van der Waals surface area contributed by atoms with Crippen molar-refractivity contribution in [3.05, 3.63) is 38.7 Å². The molecule has 0 atom stereocenters. The summed E-state index contributed by atoms with van der Waals surface area (Å²) in [4.78, 5) is 37.6. The van der Waals surface area contributed by atoms with Crippen LogP contribution in [0.1, 0.15) is 44.0 Å². The number of hydrogen-bond donors (Lipinski definition) is 2. The van der Waals surface area contributed by atoms with E-state index in [1.54, 1.807) is 0 Å². The van der Waals surface area contributed by atoms with Crippen LogP contribution in [0.4, 0.5) is 5.00 Å².